The van der Waals surface area contributed by atoms with E-state index in [-0.39, 0.29) is 12.8 Å². The van der Waals surface area contributed by atoms with Crippen LogP contribution >= 0.6 is 12.6 Å². The second-order valence-electron chi connectivity index (χ2n) is 5.21. The summed E-state index contributed by atoms with van der Waals surface area (Å²) in [5.41, 5.74) is 2.24. The molecule has 1 atom stereocenters. The van der Waals surface area contributed by atoms with Crippen LogP contribution < -0.4 is 9.47 Å². The number of thiol groups is 1. The van der Waals surface area contributed by atoms with E-state index in [1.807, 2.05) is 6.07 Å². The summed E-state index contributed by atoms with van der Waals surface area (Å²) in [5.74, 6) is 0.176. The summed E-state index contributed by atoms with van der Waals surface area (Å²) in [5, 5.41) is 18.4. The minimum absolute atomic E-state index is 0.0779. The summed E-state index contributed by atoms with van der Waals surface area (Å²) in [4.78, 5) is 15.3. The lowest BCUT2D eigenvalue weighted by molar-refractivity contribution is -0.137. The van der Waals surface area contributed by atoms with Gasteiger partial charge in [-0.05, 0) is 30.5 Å². The van der Waals surface area contributed by atoms with Gasteiger partial charge in [-0.15, -0.1) is 0 Å². The number of fused-ring (bicyclic) bond motifs is 1. The van der Waals surface area contributed by atoms with E-state index in [2.05, 4.69) is 23.7 Å². The molecule has 1 heterocycles. The van der Waals surface area contributed by atoms with Crippen LogP contribution in [0.1, 0.15) is 24.0 Å². The van der Waals surface area contributed by atoms with Gasteiger partial charge in [-0.3, -0.25) is 9.79 Å². The molecule has 23 heavy (non-hydrogen) atoms. The van der Waals surface area contributed by atoms with E-state index >= 15 is 0 Å². The number of hydrogen-bond donors (Lipinski definition) is 2. The van der Waals surface area contributed by atoms with Crippen LogP contribution in [0.3, 0.4) is 0 Å². The smallest absolute Gasteiger partial charge is 0.303 e. The Morgan fingerprint density at radius 2 is 2.09 bits per heavy atom. The third kappa shape index (κ3) is 3.42. The number of carboxylic acids is 1. The number of methoxy groups -OCH3 is 2. The second-order valence-corrected chi connectivity index (χ2v) is 5.97. The molecule has 0 bridgehead atoms. The molecule has 0 aromatic heterocycles. The molecule has 1 N–H and O–H groups in total. The Hall–Kier alpha value is -2.20. The average Bonchev–Trinajstić information content (AvgIpc) is 2.57. The Kier molecular flexibility index (Phi) is 5.16. The number of benzene rings is 1. The third-order valence-electron chi connectivity index (χ3n) is 3.79. The van der Waals surface area contributed by atoms with Crippen LogP contribution in [0.4, 0.5) is 0 Å². The molecule has 0 saturated carbocycles. The van der Waals surface area contributed by atoms with Crippen LogP contribution in [0.15, 0.2) is 17.1 Å². The first-order chi connectivity index (χ1) is 10.9. The van der Waals surface area contributed by atoms with E-state index in [9.17, 15) is 10.1 Å². The Morgan fingerprint density at radius 1 is 1.43 bits per heavy atom. The maximum Gasteiger partial charge on any atom is 0.303 e. The molecular formula is C16H18N2O4S. The van der Waals surface area contributed by atoms with Crippen molar-refractivity contribution in [1.29, 1.82) is 5.26 Å². The molecule has 0 aliphatic carbocycles. The zero-order valence-corrected chi connectivity index (χ0v) is 13.9. The van der Waals surface area contributed by atoms with Gasteiger partial charge in [0.1, 0.15) is 4.75 Å². The molecule has 1 unspecified atom stereocenters. The lowest BCUT2D eigenvalue weighted by atomic mass is 9.87. The molecule has 1 aliphatic heterocycles. The summed E-state index contributed by atoms with van der Waals surface area (Å²) < 4.78 is 9.36. The fourth-order valence-electron chi connectivity index (χ4n) is 2.59. The molecule has 6 nitrogen and oxygen atoms in total. The highest BCUT2D eigenvalue weighted by Gasteiger charge is 2.36. The number of hydrogen-bond acceptors (Lipinski definition) is 6. The van der Waals surface area contributed by atoms with Crippen LogP contribution in [-0.4, -0.2) is 42.3 Å². The van der Waals surface area contributed by atoms with Crippen LogP contribution in [0.25, 0.3) is 0 Å². The van der Waals surface area contributed by atoms with E-state index in [0.29, 0.717) is 30.2 Å². The summed E-state index contributed by atoms with van der Waals surface area (Å²) in [6.45, 7) is 0.523. The van der Waals surface area contributed by atoms with Gasteiger partial charge in [-0.2, -0.15) is 17.9 Å². The van der Waals surface area contributed by atoms with Crippen molar-refractivity contribution < 1.29 is 19.4 Å². The topological polar surface area (TPSA) is 91.9 Å². The van der Waals surface area contributed by atoms with E-state index in [1.54, 1.807) is 13.2 Å². The number of aliphatic imine (C=N–C) groups is 1. The number of nitrogens with zero attached hydrogens (tertiary/aromatic N) is 2. The van der Waals surface area contributed by atoms with Gasteiger partial charge in [0, 0.05) is 18.5 Å². The first kappa shape index (κ1) is 17.2. The highest BCUT2D eigenvalue weighted by molar-refractivity contribution is 7.83. The molecule has 0 saturated heterocycles. The molecule has 1 aromatic carbocycles. The lowest BCUT2D eigenvalue weighted by Crippen LogP contribution is -2.35. The van der Waals surface area contributed by atoms with Gasteiger partial charge in [0.15, 0.2) is 11.5 Å². The van der Waals surface area contributed by atoms with Crippen molar-refractivity contribution in [3.8, 4) is 17.6 Å². The normalized spacial score (nSPS) is 15.7. The number of carboxylic acid groups (broad SMARTS) is 1. The Balaban J connectivity index is 2.48. The maximum absolute atomic E-state index is 10.9. The molecule has 0 spiro atoms. The van der Waals surface area contributed by atoms with Gasteiger partial charge >= 0.3 is 5.97 Å². The fraction of sp³-hybridized carbons (Fsp3) is 0.438. The van der Waals surface area contributed by atoms with Crippen molar-refractivity contribution in [1.82, 2.24) is 0 Å². The quantitative estimate of drug-likeness (QED) is 0.777. The monoisotopic (exact) mass is 334 g/mol. The van der Waals surface area contributed by atoms with E-state index < -0.39 is 10.7 Å². The van der Waals surface area contributed by atoms with Gasteiger partial charge in [-0.1, -0.05) is 0 Å². The third-order valence-corrected chi connectivity index (χ3v) is 4.33. The predicted octanol–water partition coefficient (Wildman–Crippen LogP) is 2.11. The zero-order chi connectivity index (χ0) is 17.0. The number of rotatable bonds is 6. The van der Waals surface area contributed by atoms with Crippen LogP contribution in [-0.2, 0) is 11.2 Å². The first-order valence-corrected chi connectivity index (χ1v) is 7.55. The summed E-state index contributed by atoms with van der Waals surface area (Å²) in [6, 6.07) is 5.75. The molecular weight excluding hydrogens is 316 g/mol. The van der Waals surface area contributed by atoms with E-state index in [4.69, 9.17) is 14.6 Å². The molecule has 0 fully saturated rings. The highest BCUT2D eigenvalue weighted by Crippen LogP contribution is 2.36. The highest BCUT2D eigenvalue weighted by atomic mass is 32.1. The van der Waals surface area contributed by atoms with Crippen molar-refractivity contribution in [2.75, 3.05) is 20.8 Å². The molecule has 0 radical (unpaired) electrons. The Morgan fingerprint density at radius 3 is 2.65 bits per heavy atom. The minimum atomic E-state index is -1.26. The molecule has 122 valence electrons. The van der Waals surface area contributed by atoms with Crippen molar-refractivity contribution in [3.63, 3.8) is 0 Å². The molecule has 7 heteroatoms. The van der Waals surface area contributed by atoms with Gasteiger partial charge in [0.2, 0.25) is 0 Å². The van der Waals surface area contributed by atoms with Gasteiger partial charge < -0.3 is 14.6 Å². The molecule has 0 amide bonds. The fourth-order valence-corrected chi connectivity index (χ4v) is 2.89. The molecule has 1 aromatic rings. The second kappa shape index (κ2) is 6.92. The van der Waals surface area contributed by atoms with Crippen molar-refractivity contribution in [2.24, 2.45) is 4.99 Å². The Bertz CT molecular complexity index is 696. The average molecular weight is 334 g/mol. The standard InChI is InChI=1S/C16H18N2O4S/c1-21-12-7-10-4-6-18-15(11(10)8-13(12)22-2)16(23,9-17)5-3-14(19)20/h7-8,23H,3-6H2,1-2H3,(H,19,20). The molecule has 2 rings (SSSR count). The lowest BCUT2D eigenvalue weighted by Gasteiger charge is -2.28. The van der Waals surface area contributed by atoms with Crippen molar-refractivity contribution >= 4 is 24.3 Å². The first-order valence-electron chi connectivity index (χ1n) is 7.10. The van der Waals surface area contributed by atoms with Crippen LogP contribution in [0.5, 0.6) is 11.5 Å². The molecule has 1 aliphatic rings. The number of ether oxygens (including phenoxy) is 2. The van der Waals surface area contributed by atoms with Gasteiger partial charge in [-0.25, -0.2) is 0 Å². The van der Waals surface area contributed by atoms with E-state index in [1.165, 1.54) is 7.11 Å². The predicted molar refractivity (Wildman–Crippen MR) is 88.9 cm³/mol. The SMILES string of the molecule is COc1cc2c(cc1OC)C(C(S)(C#N)CCC(=O)O)=NCC2. The maximum atomic E-state index is 10.9. The van der Waals surface area contributed by atoms with Crippen molar-refractivity contribution in [2.45, 2.75) is 24.0 Å². The zero-order valence-electron chi connectivity index (χ0n) is 13.0. The van der Waals surface area contributed by atoms with Crippen LogP contribution in [0.2, 0.25) is 0 Å². The Labute approximate surface area is 140 Å². The minimum Gasteiger partial charge on any atom is -0.493 e. The number of carbonyl (C=O) groups is 1. The van der Waals surface area contributed by atoms with Gasteiger partial charge in [0.25, 0.3) is 0 Å². The van der Waals surface area contributed by atoms with Crippen molar-refractivity contribution in [3.05, 3.63) is 23.3 Å². The summed E-state index contributed by atoms with van der Waals surface area (Å²) in [7, 11) is 3.10. The van der Waals surface area contributed by atoms with Crippen LogP contribution in [0, 0.1) is 11.3 Å². The summed E-state index contributed by atoms with van der Waals surface area (Å²) in [6.07, 6.45) is 0.640. The van der Waals surface area contributed by atoms with Gasteiger partial charge in [0.05, 0.1) is 26.0 Å². The van der Waals surface area contributed by atoms with E-state index in [0.717, 1.165) is 11.1 Å². The largest absolute Gasteiger partial charge is 0.493 e. The summed E-state index contributed by atoms with van der Waals surface area (Å²) >= 11 is 4.45. The number of nitriles is 1. The number of aliphatic carboxylic acids is 1.